The molecule has 1 fully saturated rings. The molecular formula is C15H18BrN3O. The molecule has 1 aromatic carbocycles. The Labute approximate surface area is 127 Å². The Morgan fingerprint density at radius 3 is 2.70 bits per heavy atom. The summed E-state index contributed by atoms with van der Waals surface area (Å²) < 4.78 is 6.79. The minimum atomic E-state index is 0.501. The van der Waals surface area contributed by atoms with Crippen LogP contribution in [0.3, 0.4) is 0 Å². The summed E-state index contributed by atoms with van der Waals surface area (Å²) in [5.74, 6) is 1.27. The lowest BCUT2D eigenvalue weighted by molar-refractivity contribution is 0.183. The predicted octanol–water partition coefficient (Wildman–Crippen LogP) is 3.87. The van der Waals surface area contributed by atoms with Gasteiger partial charge < -0.3 is 4.42 Å². The molecule has 20 heavy (non-hydrogen) atoms. The van der Waals surface area contributed by atoms with Crippen LogP contribution in [-0.2, 0) is 6.54 Å². The third-order valence-electron chi connectivity index (χ3n) is 3.57. The van der Waals surface area contributed by atoms with Gasteiger partial charge in [-0.3, -0.25) is 4.90 Å². The van der Waals surface area contributed by atoms with Crippen molar-refractivity contribution in [2.75, 3.05) is 0 Å². The summed E-state index contributed by atoms with van der Waals surface area (Å²) in [7, 11) is 0. The van der Waals surface area contributed by atoms with Crippen LogP contribution in [0.15, 0.2) is 33.2 Å². The molecule has 0 unspecified atom stereocenters. The number of hydrogen-bond acceptors (Lipinski definition) is 4. The molecule has 4 nitrogen and oxygen atoms in total. The van der Waals surface area contributed by atoms with E-state index in [1.54, 1.807) is 0 Å². The van der Waals surface area contributed by atoms with Crippen LogP contribution < -0.4 is 0 Å². The van der Waals surface area contributed by atoms with E-state index >= 15 is 0 Å². The Bertz CT molecular complexity index is 590. The SMILES string of the molecule is CC(C)N(Cc1nnc(-c2ccccc2Br)o1)C1CC1. The quantitative estimate of drug-likeness (QED) is 0.831. The van der Waals surface area contributed by atoms with Crippen molar-refractivity contribution in [3.63, 3.8) is 0 Å². The van der Waals surface area contributed by atoms with Gasteiger partial charge in [0, 0.05) is 16.6 Å². The zero-order valence-electron chi connectivity index (χ0n) is 11.7. The molecule has 0 aliphatic heterocycles. The molecule has 3 rings (SSSR count). The second-order valence-electron chi connectivity index (χ2n) is 5.48. The van der Waals surface area contributed by atoms with Crippen LogP contribution in [0.5, 0.6) is 0 Å². The van der Waals surface area contributed by atoms with Crippen molar-refractivity contribution >= 4 is 15.9 Å². The highest BCUT2D eigenvalue weighted by Gasteiger charge is 2.31. The van der Waals surface area contributed by atoms with Crippen LogP contribution in [0, 0.1) is 0 Å². The van der Waals surface area contributed by atoms with Crippen LogP contribution in [0.25, 0.3) is 11.5 Å². The van der Waals surface area contributed by atoms with Crippen LogP contribution in [0.2, 0.25) is 0 Å². The number of hydrogen-bond donors (Lipinski definition) is 0. The van der Waals surface area contributed by atoms with E-state index in [1.165, 1.54) is 12.8 Å². The Kier molecular flexibility index (Phi) is 3.89. The van der Waals surface area contributed by atoms with Gasteiger partial charge in [0.05, 0.1) is 12.1 Å². The second-order valence-corrected chi connectivity index (χ2v) is 6.33. The van der Waals surface area contributed by atoms with Gasteiger partial charge in [-0.1, -0.05) is 12.1 Å². The fraction of sp³-hybridized carbons (Fsp3) is 0.467. The Morgan fingerprint density at radius 1 is 1.30 bits per heavy atom. The fourth-order valence-corrected chi connectivity index (χ4v) is 2.81. The van der Waals surface area contributed by atoms with E-state index < -0.39 is 0 Å². The summed E-state index contributed by atoms with van der Waals surface area (Å²) in [5.41, 5.74) is 0.939. The van der Waals surface area contributed by atoms with E-state index in [-0.39, 0.29) is 0 Å². The van der Waals surface area contributed by atoms with Gasteiger partial charge in [-0.25, -0.2) is 0 Å². The molecule has 0 N–H and O–H groups in total. The molecule has 0 saturated heterocycles. The fourth-order valence-electron chi connectivity index (χ4n) is 2.36. The van der Waals surface area contributed by atoms with Crippen molar-refractivity contribution < 1.29 is 4.42 Å². The third-order valence-corrected chi connectivity index (χ3v) is 4.26. The van der Waals surface area contributed by atoms with Gasteiger partial charge in [-0.15, -0.1) is 10.2 Å². The number of aromatic nitrogens is 2. The van der Waals surface area contributed by atoms with Gasteiger partial charge in [0.2, 0.25) is 11.8 Å². The zero-order chi connectivity index (χ0) is 14.1. The van der Waals surface area contributed by atoms with Crippen molar-refractivity contribution in [2.24, 2.45) is 0 Å². The third kappa shape index (κ3) is 2.94. The highest BCUT2D eigenvalue weighted by molar-refractivity contribution is 9.10. The highest BCUT2D eigenvalue weighted by atomic mass is 79.9. The minimum Gasteiger partial charge on any atom is -0.419 e. The van der Waals surface area contributed by atoms with E-state index in [0.717, 1.165) is 16.6 Å². The van der Waals surface area contributed by atoms with Gasteiger partial charge in [-0.2, -0.15) is 0 Å². The first-order valence-electron chi connectivity index (χ1n) is 6.98. The molecule has 0 atom stereocenters. The lowest BCUT2D eigenvalue weighted by Gasteiger charge is -2.24. The Morgan fingerprint density at radius 2 is 2.05 bits per heavy atom. The van der Waals surface area contributed by atoms with Crippen molar-refractivity contribution in [1.82, 2.24) is 15.1 Å². The van der Waals surface area contributed by atoms with E-state index in [4.69, 9.17) is 4.42 Å². The van der Waals surface area contributed by atoms with Crippen molar-refractivity contribution in [1.29, 1.82) is 0 Å². The predicted molar refractivity (Wildman–Crippen MR) is 81.1 cm³/mol. The van der Waals surface area contributed by atoms with Gasteiger partial charge >= 0.3 is 0 Å². The number of halogens is 1. The molecule has 1 aliphatic carbocycles. The van der Waals surface area contributed by atoms with E-state index in [2.05, 4.69) is 44.9 Å². The average Bonchev–Trinajstić information content (AvgIpc) is 3.15. The summed E-state index contributed by atoms with van der Waals surface area (Å²) in [6.07, 6.45) is 2.56. The maximum atomic E-state index is 5.82. The molecule has 0 bridgehead atoms. The lowest BCUT2D eigenvalue weighted by atomic mass is 10.2. The number of benzene rings is 1. The summed E-state index contributed by atoms with van der Waals surface area (Å²) >= 11 is 3.51. The Hall–Kier alpha value is -1.20. The smallest absolute Gasteiger partial charge is 0.248 e. The van der Waals surface area contributed by atoms with Crippen molar-refractivity contribution in [2.45, 2.75) is 45.3 Å². The summed E-state index contributed by atoms with van der Waals surface area (Å²) in [6, 6.07) is 9.08. The van der Waals surface area contributed by atoms with Gasteiger partial charge in [-0.05, 0) is 54.8 Å². The zero-order valence-corrected chi connectivity index (χ0v) is 13.3. The average molecular weight is 336 g/mol. The molecule has 0 radical (unpaired) electrons. The molecule has 2 aromatic rings. The highest BCUT2D eigenvalue weighted by Crippen LogP contribution is 2.31. The number of rotatable bonds is 5. The normalized spacial score (nSPS) is 15.2. The van der Waals surface area contributed by atoms with Crippen LogP contribution >= 0.6 is 15.9 Å². The summed E-state index contributed by atoms with van der Waals surface area (Å²) in [6.45, 7) is 5.16. The van der Waals surface area contributed by atoms with Gasteiger partial charge in [0.15, 0.2) is 0 Å². The molecule has 1 aromatic heterocycles. The van der Waals surface area contributed by atoms with Gasteiger partial charge in [0.1, 0.15) is 0 Å². The van der Waals surface area contributed by atoms with Gasteiger partial charge in [0.25, 0.3) is 0 Å². The van der Waals surface area contributed by atoms with Crippen LogP contribution in [-0.4, -0.2) is 27.2 Å². The largest absolute Gasteiger partial charge is 0.419 e. The van der Waals surface area contributed by atoms with Crippen LogP contribution in [0.4, 0.5) is 0 Å². The van der Waals surface area contributed by atoms with Crippen molar-refractivity contribution in [3.05, 3.63) is 34.6 Å². The monoisotopic (exact) mass is 335 g/mol. The Balaban J connectivity index is 1.78. The molecule has 106 valence electrons. The van der Waals surface area contributed by atoms with E-state index in [0.29, 0.717) is 23.9 Å². The topological polar surface area (TPSA) is 42.2 Å². The summed E-state index contributed by atoms with van der Waals surface area (Å²) in [5, 5.41) is 8.35. The first-order chi connectivity index (χ1) is 9.65. The molecule has 1 heterocycles. The molecular weight excluding hydrogens is 318 g/mol. The maximum Gasteiger partial charge on any atom is 0.248 e. The molecule has 0 amide bonds. The molecule has 0 spiro atoms. The first kappa shape index (κ1) is 13.8. The van der Waals surface area contributed by atoms with Crippen molar-refractivity contribution in [3.8, 4) is 11.5 Å². The number of nitrogens with zero attached hydrogens (tertiary/aromatic N) is 3. The van der Waals surface area contributed by atoms with E-state index in [1.807, 2.05) is 24.3 Å². The lowest BCUT2D eigenvalue weighted by Crippen LogP contribution is -2.32. The minimum absolute atomic E-state index is 0.501. The standard InChI is InChI=1S/C15H18BrN3O/c1-10(2)19(11-7-8-11)9-14-17-18-15(20-14)12-5-3-4-6-13(12)16/h3-6,10-11H,7-9H2,1-2H3. The maximum absolute atomic E-state index is 5.82. The van der Waals surface area contributed by atoms with E-state index in [9.17, 15) is 0 Å². The molecule has 5 heteroatoms. The molecule has 1 saturated carbocycles. The first-order valence-corrected chi connectivity index (χ1v) is 7.77. The summed E-state index contributed by atoms with van der Waals surface area (Å²) in [4.78, 5) is 2.43. The second kappa shape index (κ2) is 5.66. The molecule has 1 aliphatic rings. The van der Waals surface area contributed by atoms with Crippen LogP contribution in [0.1, 0.15) is 32.6 Å².